The Labute approximate surface area is 122 Å². The number of rotatable bonds is 4. The van der Waals surface area contributed by atoms with Gasteiger partial charge < -0.3 is 4.74 Å². The third kappa shape index (κ3) is 3.37. The average Bonchev–Trinajstić information content (AvgIpc) is 2.33. The van der Waals surface area contributed by atoms with E-state index in [2.05, 4.69) is 45.5 Å². The quantitative estimate of drug-likeness (QED) is 0.864. The van der Waals surface area contributed by atoms with Crippen molar-refractivity contribution in [3.05, 3.63) is 34.3 Å². The van der Waals surface area contributed by atoms with Gasteiger partial charge in [0.05, 0.1) is 7.11 Å². The number of hydrogen-bond donors (Lipinski definition) is 1. The minimum Gasteiger partial charge on any atom is -0.468 e. The highest BCUT2D eigenvalue weighted by molar-refractivity contribution is 9.10. The summed E-state index contributed by atoms with van der Waals surface area (Å²) < 4.78 is 5.91. The molecule has 0 aromatic heterocycles. The van der Waals surface area contributed by atoms with Gasteiger partial charge in [0.15, 0.2) is 0 Å². The number of hydrogen-bond acceptors (Lipinski definition) is 3. The fourth-order valence-electron chi connectivity index (χ4n) is 2.57. The van der Waals surface area contributed by atoms with Crippen LogP contribution in [0.4, 0.5) is 0 Å². The monoisotopic (exact) mass is 325 g/mol. The molecule has 0 bridgehead atoms. The average molecular weight is 326 g/mol. The maximum atomic E-state index is 11.6. The zero-order valence-corrected chi connectivity index (χ0v) is 13.2. The van der Waals surface area contributed by atoms with Crippen molar-refractivity contribution in [3.8, 4) is 0 Å². The highest BCUT2D eigenvalue weighted by Gasteiger charge is 2.37. The summed E-state index contributed by atoms with van der Waals surface area (Å²) in [6.45, 7) is 3.73. The van der Waals surface area contributed by atoms with Crippen molar-refractivity contribution in [3.63, 3.8) is 0 Å². The van der Waals surface area contributed by atoms with Crippen LogP contribution in [0.15, 0.2) is 28.7 Å². The third-order valence-electron chi connectivity index (χ3n) is 3.74. The first-order chi connectivity index (χ1) is 8.92. The Morgan fingerprint density at radius 3 is 2.42 bits per heavy atom. The molecule has 0 aliphatic heterocycles. The van der Waals surface area contributed by atoms with E-state index >= 15 is 0 Å². The molecular formula is C15H20BrNO2. The molecule has 2 rings (SSSR count). The molecule has 1 aliphatic rings. The summed E-state index contributed by atoms with van der Waals surface area (Å²) in [5.41, 5.74) is 0.765. The van der Waals surface area contributed by atoms with Crippen LogP contribution >= 0.6 is 15.9 Å². The third-order valence-corrected chi connectivity index (χ3v) is 4.27. The van der Waals surface area contributed by atoms with Gasteiger partial charge in [0.25, 0.3) is 0 Å². The predicted octanol–water partition coefficient (Wildman–Crippen LogP) is 3.24. The molecule has 1 fully saturated rings. The molecule has 1 aromatic carbocycles. The van der Waals surface area contributed by atoms with Crippen molar-refractivity contribution in [2.24, 2.45) is 0 Å². The molecule has 1 N–H and O–H groups in total. The van der Waals surface area contributed by atoms with Gasteiger partial charge in [0, 0.05) is 10.5 Å². The molecule has 1 aliphatic carbocycles. The van der Waals surface area contributed by atoms with Crippen LogP contribution in [0.5, 0.6) is 0 Å². The second kappa shape index (κ2) is 5.63. The van der Waals surface area contributed by atoms with Crippen molar-refractivity contribution < 1.29 is 9.53 Å². The lowest BCUT2D eigenvalue weighted by Gasteiger charge is -2.40. The van der Waals surface area contributed by atoms with Crippen molar-refractivity contribution in [2.45, 2.75) is 44.2 Å². The molecule has 0 saturated heterocycles. The molecule has 19 heavy (non-hydrogen) atoms. The molecule has 4 heteroatoms. The normalized spacial score (nSPS) is 22.7. The number of carbonyl (C=O) groups is 1. The Hall–Kier alpha value is -0.870. The summed E-state index contributed by atoms with van der Waals surface area (Å²) in [5.74, 6) is 0.388. The van der Waals surface area contributed by atoms with Gasteiger partial charge in [0.2, 0.25) is 0 Å². The first-order valence-corrected chi connectivity index (χ1v) is 7.33. The topological polar surface area (TPSA) is 38.3 Å². The second-order valence-corrected chi connectivity index (χ2v) is 6.59. The maximum absolute atomic E-state index is 11.6. The minimum atomic E-state index is -0.607. The summed E-state index contributed by atoms with van der Waals surface area (Å²) in [4.78, 5) is 11.6. The Morgan fingerprint density at radius 1 is 1.32 bits per heavy atom. The summed E-state index contributed by atoms with van der Waals surface area (Å²) in [7, 11) is 1.43. The number of esters is 1. The van der Waals surface area contributed by atoms with Crippen LogP contribution in [0.1, 0.15) is 38.2 Å². The molecule has 0 radical (unpaired) electrons. The van der Waals surface area contributed by atoms with Gasteiger partial charge in [-0.05, 0) is 50.3 Å². The smallest absolute Gasteiger partial charge is 0.325 e. The largest absolute Gasteiger partial charge is 0.468 e. The van der Waals surface area contributed by atoms with Crippen LogP contribution in [-0.4, -0.2) is 24.7 Å². The molecule has 0 amide bonds. The first kappa shape index (κ1) is 14.5. The zero-order chi connectivity index (χ0) is 14.0. The molecule has 3 nitrogen and oxygen atoms in total. The lowest BCUT2D eigenvalue weighted by atomic mass is 9.75. The van der Waals surface area contributed by atoms with Crippen molar-refractivity contribution >= 4 is 21.9 Å². The second-order valence-electron chi connectivity index (χ2n) is 5.68. The van der Waals surface area contributed by atoms with Gasteiger partial charge >= 0.3 is 5.97 Å². The van der Waals surface area contributed by atoms with Crippen LogP contribution in [0.3, 0.4) is 0 Å². The number of carbonyl (C=O) groups excluding carboxylic acids is 1. The zero-order valence-electron chi connectivity index (χ0n) is 11.6. The summed E-state index contributed by atoms with van der Waals surface area (Å²) in [5, 5.41) is 3.37. The number of benzene rings is 1. The van der Waals surface area contributed by atoms with Gasteiger partial charge in [-0.15, -0.1) is 0 Å². The van der Waals surface area contributed by atoms with E-state index < -0.39 is 5.54 Å². The highest BCUT2D eigenvalue weighted by Crippen LogP contribution is 2.38. The fourth-order valence-corrected chi connectivity index (χ4v) is 2.83. The number of halogens is 1. The number of ether oxygens (including phenoxy) is 1. The molecule has 0 unspecified atom stereocenters. The summed E-state index contributed by atoms with van der Waals surface area (Å²) >= 11 is 3.45. The van der Waals surface area contributed by atoms with Crippen LogP contribution < -0.4 is 5.32 Å². The first-order valence-electron chi connectivity index (χ1n) is 6.54. The molecule has 0 atom stereocenters. The predicted molar refractivity (Wildman–Crippen MR) is 79.1 cm³/mol. The van der Waals surface area contributed by atoms with Gasteiger partial charge in [-0.25, -0.2) is 0 Å². The van der Waals surface area contributed by atoms with Crippen molar-refractivity contribution in [2.75, 3.05) is 7.11 Å². The maximum Gasteiger partial charge on any atom is 0.325 e. The van der Waals surface area contributed by atoms with Crippen LogP contribution in [0.2, 0.25) is 0 Å². The highest BCUT2D eigenvalue weighted by atomic mass is 79.9. The van der Waals surface area contributed by atoms with Crippen LogP contribution in [-0.2, 0) is 9.53 Å². The molecule has 104 valence electrons. The van der Waals surface area contributed by atoms with Crippen LogP contribution in [0, 0.1) is 0 Å². The van der Waals surface area contributed by atoms with E-state index in [1.54, 1.807) is 0 Å². The van der Waals surface area contributed by atoms with E-state index in [4.69, 9.17) is 4.74 Å². The summed E-state index contributed by atoms with van der Waals surface area (Å²) in [6.07, 6.45) is 2.14. The lowest BCUT2D eigenvalue weighted by molar-refractivity contribution is -0.147. The molecule has 0 spiro atoms. The molecular weight excluding hydrogens is 306 g/mol. The van der Waals surface area contributed by atoms with Gasteiger partial charge in [-0.1, -0.05) is 28.1 Å². The molecule has 1 saturated carbocycles. The van der Waals surface area contributed by atoms with Gasteiger partial charge in [-0.3, -0.25) is 10.1 Å². The Bertz CT molecular complexity index is 450. The Kier molecular flexibility index (Phi) is 4.31. The molecule has 0 heterocycles. The van der Waals surface area contributed by atoms with E-state index in [1.807, 2.05) is 13.8 Å². The number of methoxy groups -OCH3 is 1. The fraction of sp³-hybridized carbons (Fsp3) is 0.533. The van der Waals surface area contributed by atoms with Crippen LogP contribution in [0.25, 0.3) is 0 Å². The summed E-state index contributed by atoms with van der Waals surface area (Å²) in [6, 6.07) is 8.87. The lowest BCUT2D eigenvalue weighted by Crippen LogP contribution is -2.55. The van der Waals surface area contributed by atoms with E-state index in [0.29, 0.717) is 12.0 Å². The minimum absolute atomic E-state index is 0.209. The standard InChI is InChI=1S/C15H20BrNO2/c1-15(2,14(18)19-3)17-13-8-11(9-13)10-4-6-12(16)7-5-10/h4-7,11,13,17H,8-9H2,1-3H3. The van der Waals surface area contributed by atoms with E-state index in [0.717, 1.165) is 17.3 Å². The van der Waals surface area contributed by atoms with Gasteiger partial charge in [-0.2, -0.15) is 0 Å². The SMILES string of the molecule is COC(=O)C(C)(C)NC1CC(c2ccc(Br)cc2)C1. The van der Waals surface area contributed by atoms with Crippen molar-refractivity contribution in [1.82, 2.24) is 5.32 Å². The molecule has 1 aromatic rings. The Morgan fingerprint density at radius 2 is 1.89 bits per heavy atom. The number of nitrogens with one attached hydrogen (secondary N) is 1. The van der Waals surface area contributed by atoms with E-state index in [-0.39, 0.29) is 5.97 Å². The van der Waals surface area contributed by atoms with Crippen molar-refractivity contribution in [1.29, 1.82) is 0 Å². The van der Waals surface area contributed by atoms with E-state index in [9.17, 15) is 4.79 Å². The Balaban J connectivity index is 1.86. The van der Waals surface area contributed by atoms with E-state index in [1.165, 1.54) is 12.7 Å². The van der Waals surface area contributed by atoms with Gasteiger partial charge in [0.1, 0.15) is 5.54 Å².